The molecule has 3 aromatic rings. The number of nitrogens with one attached hydrogen (secondary N) is 3. The summed E-state index contributed by atoms with van der Waals surface area (Å²) in [4.78, 5) is 58.5. The van der Waals surface area contributed by atoms with Gasteiger partial charge in [-0.2, -0.15) is 5.10 Å². The van der Waals surface area contributed by atoms with Crippen LogP contribution in [0.4, 0.5) is 0 Å². The number of halogens is 1. The Balaban J connectivity index is 1.35. The Kier molecular flexibility index (Phi) is 7.35. The fourth-order valence-corrected chi connectivity index (χ4v) is 5.89. The molecule has 0 aliphatic carbocycles. The Labute approximate surface area is 230 Å². The predicted octanol–water partition coefficient (Wildman–Crippen LogP) is 1.11. The van der Waals surface area contributed by atoms with Crippen molar-refractivity contribution in [1.29, 1.82) is 0 Å². The highest BCUT2D eigenvalue weighted by molar-refractivity contribution is 6.31. The van der Waals surface area contributed by atoms with Crippen LogP contribution in [0.5, 0.6) is 0 Å². The van der Waals surface area contributed by atoms with E-state index in [1.807, 2.05) is 25.3 Å². The number of aromatic amines is 1. The number of aryl methyl sites for hydroxylation is 2. The Morgan fingerprint density at radius 1 is 1.10 bits per heavy atom. The zero-order chi connectivity index (χ0) is 27.8. The predicted molar refractivity (Wildman–Crippen MR) is 145 cm³/mol. The third-order valence-electron chi connectivity index (χ3n) is 7.96. The van der Waals surface area contributed by atoms with Crippen LogP contribution in [0.25, 0.3) is 10.9 Å². The minimum absolute atomic E-state index is 0.0750. The minimum Gasteiger partial charge on any atom is -0.361 e. The molecule has 11 nitrogen and oxygen atoms in total. The average molecular weight is 554 g/mol. The van der Waals surface area contributed by atoms with E-state index in [1.54, 1.807) is 33.7 Å². The van der Waals surface area contributed by atoms with Crippen LogP contribution in [0.2, 0.25) is 5.02 Å². The number of hydrogen-bond donors (Lipinski definition) is 3. The summed E-state index contributed by atoms with van der Waals surface area (Å²) in [6.45, 7) is 3.22. The molecule has 4 amide bonds. The molecule has 39 heavy (non-hydrogen) atoms. The van der Waals surface area contributed by atoms with E-state index in [4.69, 9.17) is 11.6 Å². The van der Waals surface area contributed by atoms with Crippen molar-refractivity contribution in [3.63, 3.8) is 0 Å². The highest BCUT2D eigenvalue weighted by Crippen LogP contribution is 2.36. The van der Waals surface area contributed by atoms with E-state index < -0.39 is 5.92 Å². The van der Waals surface area contributed by atoms with Crippen molar-refractivity contribution < 1.29 is 19.2 Å². The summed E-state index contributed by atoms with van der Waals surface area (Å²) in [6.07, 6.45) is 1.98. The van der Waals surface area contributed by atoms with Crippen molar-refractivity contribution in [2.24, 2.45) is 24.8 Å². The first-order valence-corrected chi connectivity index (χ1v) is 13.3. The molecule has 2 fully saturated rings. The van der Waals surface area contributed by atoms with Gasteiger partial charge >= 0.3 is 0 Å². The lowest BCUT2D eigenvalue weighted by Gasteiger charge is -2.39. The van der Waals surface area contributed by atoms with Crippen LogP contribution in [0, 0.1) is 24.7 Å². The first-order valence-electron chi connectivity index (χ1n) is 13.0. The third kappa shape index (κ3) is 5.36. The van der Waals surface area contributed by atoms with Crippen LogP contribution in [0.3, 0.4) is 0 Å². The molecule has 206 valence electrons. The summed E-state index contributed by atoms with van der Waals surface area (Å²) in [6, 6.07) is 7.24. The Bertz CT molecular complexity index is 1430. The minimum atomic E-state index is -0.553. The number of nitrogens with zero attached hydrogens (tertiary/aromatic N) is 4. The van der Waals surface area contributed by atoms with Gasteiger partial charge in [0, 0.05) is 68.1 Å². The van der Waals surface area contributed by atoms with Gasteiger partial charge in [-0.15, -0.1) is 0 Å². The lowest BCUT2D eigenvalue weighted by molar-refractivity contribution is -0.139. The number of likely N-dealkylation sites (N-methyl/N-ethyl adjacent to an activating group) is 1. The largest absolute Gasteiger partial charge is 0.361 e. The zero-order valence-corrected chi connectivity index (χ0v) is 22.9. The molecule has 2 aliphatic heterocycles. The maximum Gasteiger partial charge on any atom is 0.274 e. The summed E-state index contributed by atoms with van der Waals surface area (Å²) >= 11 is 6.10. The standard InChI is InChI=1S/C27H32ClN7O4/c1-15-6-23(32-33(15)3)27(39)35-12-17-11-34(14-21(20(17)13-35)26(38)31-10-24(36)29-2)25(37)7-16-9-30-22-8-18(28)4-5-19(16)22/h4-6,8-9,17,20-21,30H,7,10-14H2,1-3H3,(H,29,36)(H,31,38). The van der Waals surface area contributed by atoms with E-state index in [2.05, 4.69) is 20.7 Å². The van der Waals surface area contributed by atoms with Gasteiger partial charge in [0.1, 0.15) is 0 Å². The van der Waals surface area contributed by atoms with Crippen molar-refractivity contribution in [3.05, 3.63) is 52.4 Å². The van der Waals surface area contributed by atoms with Crippen molar-refractivity contribution in [1.82, 2.24) is 35.2 Å². The Hall–Kier alpha value is -3.86. The molecule has 12 heteroatoms. The van der Waals surface area contributed by atoms with Crippen LogP contribution in [0.1, 0.15) is 21.7 Å². The van der Waals surface area contributed by atoms with E-state index in [-0.39, 0.29) is 55.0 Å². The first-order chi connectivity index (χ1) is 18.6. The summed E-state index contributed by atoms with van der Waals surface area (Å²) in [5.41, 5.74) is 2.94. The van der Waals surface area contributed by atoms with Gasteiger partial charge in [0.2, 0.25) is 17.7 Å². The average Bonchev–Trinajstić information content (AvgIpc) is 3.62. The van der Waals surface area contributed by atoms with Crippen LogP contribution in [-0.4, -0.2) is 88.0 Å². The zero-order valence-electron chi connectivity index (χ0n) is 22.2. The second-order valence-electron chi connectivity index (χ2n) is 10.4. The van der Waals surface area contributed by atoms with E-state index in [0.29, 0.717) is 30.4 Å². The summed E-state index contributed by atoms with van der Waals surface area (Å²) in [5.74, 6) is -1.65. The van der Waals surface area contributed by atoms with Crippen molar-refractivity contribution >= 4 is 46.1 Å². The molecule has 2 saturated heterocycles. The Morgan fingerprint density at radius 3 is 2.59 bits per heavy atom. The summed E-state index contributed by atoms with van der Waals surface area (Å²) < 4.78 is 1.66. The van der Waals surface area contributed by atoms with Gasteiger partial charge in [0.05, 0.1) is 18.9 Å². The smallest absolute Gasteiger partial charge is 0.274 e. The van der Waals surface area contributed by atoms with Gasteiger partial charge in [-0.25, -0.2) is 0 Å². The van der Waals surface area contributed by atoms with E-state index in [9.17, 15) is 19.2 Å². The third-order valence-corrected chi connectivity index (χ3v) is 8.20. The molecule has 0 spiro atoms. The number of aromatic nitrogens is 3. The van der Waals surface area contributed by atoms with Crippen LogP contribution in [0.15, 0.2) is 30.5 Å². The summed E-state index contributed by atoms with van der Waals surface area (Å²) in [5, 5.41) is 11.1. The van der Waals surface area contributed by atoms with E-state index in [0.717, 1.165) is 22.2 Å². The van der Waals surface area contributed by atoms with E-state index in [1.165, 1.54) is 7.05 Å². The molecule has 5 rings (SSSR count). The van der Waals surface area contributed by atoms with Gasteiger partial charge in [0.25, 0.3) is 5.91 Å². The molecule has 3 atom stereocenters. The number of fused-ring (bicyclic) bond motifs is 2. The second kappa shape index (κ2) is 10.7. The van der Waals surface area contributed by atoms with Gasteiger partial charge < -0.3 is 25.4 Å². The highest BCUT2D eigenvalue weighted by atomic mass is 35.5. The fraction of sp³-hybridized carbons (Fsp3) is 0.444. The number of likely N-dealkylation sites (tertiary alicyclic amines) is 2. The van der Waals surface area contributed by atoms with Gasteiger partial charge in [-0.3, -0.25) is 23.9 Å². The molecular formula is C27H32ClN7O4. The molecule has 3 unspecified atom stereocenters. The number of hydrogen-bond acceptors (Lipinski definition) is 5. The van der Waals surface area contributed by atoms with Crippen LogP contribution in [-0.2, 0) is 27.9 Å². The first kappa shape index (κ1) is 26.7. The quantitative estimate of drug-likeness (QED) is 0.421. The van der Waals surface area contributed by atoms with Crippen molar-refractivity contribution in [2.75, 3.05) is 39.8 Å². The van der Waals surface area contributed by atoms with E-state index >= 15 is 0 Å². The maximum atomic E-state index is 13.5. The second-order valence-corrected chi connectivity index (χ2v) is 10.8. The molecule has 0 saturated carbocycles. The molecule has 2 aromatic heterocycles. The van der Waals surface area contributed by atoms with Gasteiger partial charge in [-0.05, 0) is 42.5 Å². The number of rotatable bonds is 6. The lowest BCUT2D eigenvalue weighted by Crippen LogP contribution is -2.54. The number of amides is 4. The van der Waals surface area contributed by atoms with Crippen LogP contribution >= 0.6 is 11.6 Å². The molecule has 4 heterocycles. The van der Waals surface area contributed by atoms with Crippen molar-refractivity contribution in [3.8, 4) is 0 Å². The molecule has 0 radical (unpaired) electrons. The monoisotopic (exact) mass is 553 g/mol. The molecule has 0 bridgehead atoms. The van der Waals surface area contributed by atoms with Crippen LogP contribution < -0.4 is 10.6 Å². The lowest BCUT2D eigenvalue weighted by atomic mass is 9.79. The maximum absolute atomic E-state index is 13.5. The van der Waals surface area contributed by atoms with Crippen molar-refractivity contribution in [2.45, 2.75) is 13.3 Å². The Morgan fingerprint density at radius 2 is 1.87 bits per heavy atom. The topological polar surface area (TPSA) is 132 Å². The molecule has 2 aliphatic rings. The SMILES string of the molecule is CNC(=O)CNC(=O)C1CN(C(=O)Cc2c[nH]c3cc(Cl)ccc23)CC2CN(C(=O)c3cc(C)n(C)n3)CC21. The number of carbonyl (C=O) groups excluding carboxylic acids is 4. The number of H-pyrrole nitrogens is 1. The number of benzene rings is 1. The van der Waals surface area contributed by atoms with Gasteiger partial charge in [0.15, 0.2) is 5.69 Å². The fourth-order valence-electron chi connectivity index (χ4n) is 5.72. The molecule has 3 N–H and O–H groups in total. The highest BCUT2D eigenvalue weighted by Gasteiger charge is 2.48. The number of piperidine rings is 1. The summed E-state index contributed by atoms with van der Waals surface area (Å²) in [7, 11) is 3.29. The molecule has 1 aromatic carbocycles. The normalized spacial score (nSPS) is 20.7. The van der Waals surface area contributed by atoms with Gasteiger partial charge in [-0.1, -0.05) is 17.7 Å². The molecular weight excluding hydrogens is 522 g/mol. The number of carbonyl (C=O) groups is 4.